The van der Waals surface area contributed by atoms with Crippen LogP contribution in [0.3, 0.4) is 0 Å². The third-order valence-electron chi connectivity index (χ3n) is 0.944. The summed E-state index contributed by atoms with van der Waals surface area (Å²) in [6.07, 6.45) is 10.3. The van der Waals surface area contributed by atoms with Gasteiger partial charge in [-0.1, -0.05) is 0 Å². The van der Waals surface area contributed by atoms with Crippen LogP contribution in [0.5, 0.6) is 0 Å². The summed E-state index contributed by atoms with van der Waals surface area (Å²) in [5.41, 5.74) is 0.527. The molecule has 1 aromatic rings. The summed E-state index contributed by atoms with van der Waals surface area (Å²) in [5, 5.41) is 0.678. The van der Waals surface area contributed by atoms with Crippen molar-refractivity contribution in [3.63, 3.8) is 0 Å². The summed E-state index contributed by atoms with van der Waals surface area (Å²) in [4.78, 5) is 7.90. The number of hydrogen-bond acceptors (Lipinski definition) is 3. The Labute approximate surface area is 64.1 Å². The Kier molecular flexibility index (Phi) is 2.49. The van der Waals surface area contributed by atoms with E-state index in [-0.39, 0.29) is 0 Å². The Morgan fingerprint density at radius 1 is 1.70 bits per heavy atom. The van der Waals surface area contributed by atoms with Crippen LogP contribution in [0.25, 0.3) is 0 Å². The maximum atomic E-state index is 6.77. The number of thioether (sulfide) groups is 1. The molecule has 0 amide bonds. The zero-order valence-corrected chi connectivity index (χ0v) is 6.27. The van der Waals surface area contributed by atoms with Gasteiger partial charge in [0.15, 0.2) is 0 Å². The van der Waals surface area contributed by atoms with Gasteiger partial charge in [-0.25, -0.2) is 0 Å². The van der Waals surface area contributed by atoms with Gasteiger partial charge in [0.1, 0.15) is 0 Å². The molecule has 1 aromatic heterocycles. The monoisotopic (exact) mass is 149 g/mol. The second kappa shape index (κ2) is 3.40. The molecule has 2 nitrogen and oxygen atoms in total. The summed E-state index contributed by atoms with van der Waals surface area (Å²) in [7, 11) is 0. The summed E-state index contributed by atoms with van der Waals surface area (Å²) < 4.78 is 0. The first kappa shape index (κ1) is 7.32. The molecular weight excluding hydrogens is 144 g/mol. The first-order valence-corrected chi connectivity index (χ1v) is 3.89. The fourth-order valence-corrected chi connectivity index (χ4v) is 0.865. The van der Waals surface area contributed by atoms with Gasteiger partial charge in [-0.2, -0.15) is 0 Å². The minimum atomic E-state index is 0.527. The zero-order chi connectivity index (χ0) is 7.40. The van der Waals surface area contributed by atoms with Crippen LogP contribution in [0.1, 0.15) is 5.69 Å². The third kappa shape index (κ3) is 1.59. The predicted octanol–water partition coefficient (Wildman–Crippen LogP) is 1.14. The van der Waals surface area contributed by atoms with Gasteiger partial charge >= 0.3 is 63.4 Å². The van der Waals surface area contributed by atoms with Crippen molar-refractivity contribution in [3.05, 3.63) is 24.4 Å². The standard InChI is InChI=1S/C7H5N2S/c1-3-6-4-5-8-7(9-6)10-2/h4-5H,2H3/q+1. The molecule has 0 unspecified atom stereocenters. The number of rotatable bonds is 1. The van der Waals surface area contributed by atoms with Crippen molar-refractivity contribution in [3.8, 4) is 5.92 Å². The Balaban J connectivity index is 3.01. The van der Waals surface area contributed by atoms with Crippen LogP contribution < -0.4 is 0 Å². The van der Waals surface area contributed by atoms with Crippen LogP contribution in [0.2, 0.25) is 0 Å². The number of nitrogens with zero attached hydrogens (tertiary/aromatic N) is 2. The van der Waals surface area contributed by atoms with Gasteiger partial charge < -0.3 is 0 Å². The Morgan fingerprint density at radius 3 is 3.10 bits per heavy atom. The molecule has 3 heteroatoms. The minimum absolute atomic E-state index is 0.527. The fourth-order valence-electron chi connectivity index (χ4n) is 0.509. The van der Waals surface area contributed by atoms with Crippen LogP contribution in [0, 0.1) is 12.3 Å². The van der Waals surface area contributed by atoms with E-state index in [0.717, 1.165) is 0 Å². The summed E-state index contributed by atoms with van der Waals surface area (Å²) in [6.45, 7) is 0. The number of hydrogen-bond donors (Lipinski definition) is 0. The molecule has 0 spiro atoms. The summed E-state index contributed by atoms with van der Waals surface area (Å²) >= 11 is 1.45. The van der Waals surface area contributed by atoms with Crippen molar-refractivity contribution in [2.45, 2.75) is 5.16 Å². The molecule has 0 aliphatic carbocycles. The molecule has 0 aromatic carbocycles. The molecule has 0 bridgehead atoms. The molecule has 0 N–H and O–H groups in total. The van der Waals surface area contributed by atoms with Crippen molar-refractivity contribution in [1.82, 2.24) is 9.97 Å². The molecule has 0 saturated carbocycles. The third-order valence-corrected chi connectivity index (χ3v) is 1.51. The van der Waals surface area contributed by atoms with Crippen molar-refractivity contribution in [1.29, 1.82) is 0 Å². The molecule has 0 aliphatic heterocycles. The molecular formula is C7H5N2S+. The van der Waals surface area contributed by atoms with Gasteiger partial charge in [-0.3, -0.25) is 0 Å². The van der Waals surface area contributed by atoms with Crippen LogP contribution in [0.4, 0.5) is 0 Å². The molecule has 1 rings (SSSR count). The van der Waals surface area contributed by atoms with Gasteiger partial charge in [0.05, 0.1) is 0 Å². The topological polar surface area (TPSA) is 25.8 Å². The van der Waals surface area contributed by atoms with Crippen LogP contribution in [-0.4, -0.2) is 16.2 Å². The maximum absolute atomic E-state index is 6.77. The van der Waals surface area contributed by atoms with Gasteiger partial charge in [0, 0.05) is 0 Å². The van der Waals surface area contributed by atoms with E-state index in [0.29, 0.717) is 10.9 Å². The Bertz CT molecular complexity index is 265. The Hall–Kier alpha value is -0.790. The second-order valence-electron chi connectivity index (χ2n) is 1.55. The molecule has 1 heterocycles. The normalized spacial score (nSPS) is 9.10. The van der Waals surface area contributed by atoms with Gasteiger partial charge in [-0.05, 0) is 0 Å². The van der Waals surface area contributed by atoms with Crippen molar-refractivity contribution < 1.29 is 0 Å². The second-order valence-corrected chi connectivity index (χ2v) is 2.33. The summed E-state index contributed by atoms with van der Waals surface area (Å²) in [6, 6.07) is 1.65. The van der Waals surface area contributed by atoms with Crippen molar-refractivity contribution in [2.24, 2.45) is 0 Å². The molecule has 0 saturated heterocycles. The van der Waals surface area contributed by atoms with E-state index in [2.05, 4.69) is 15.9 Å². The van der Waals surface area contributed by atoms with Crippen LogP contribution >= 0.6 is 11.8 Å². The first-order chi connectivity index (χ1) is 4.86. The molecule has 0 atom stereocenters. The molecule has 0 aliphatic rings. The molecule has 10 heavy (non-hydrogen) atoms. The Morgan fingerprint density at radius 2 is 2.50 bits per heavy atom. The zero-order valence-electron chi connectivity index (χ0n) is 5.46. The first-order valence-electron chi connectivity index (χ1n) is 2.66. The van der Waals surface area contributed by atoms with Gasteiger partial charge in [-0.15, -0.1) is 0 Å². The van der Waals surface area contributed by atoms with E-state index >= 15 is 0 Å². The van der Waals surface area contributed by atoms with Gasteiger partial charge in [0.2, 0.25) is 0 Å². The fraction of sp³-hybridized carbons (Fsp3) is 0.143. The van der Waals surface area contributed by atoms with E-state index in [9.17, 15) is 0 Å². The van der Waals surface area contributed by atoms with E-state index in [1.165, 1.54) is 11.8 Å². The number of aromatic nitrogens is 2. The average Bonchev–Trinajstić information content (AvgIpc) is 2.05. The van der Waals surface area contributed by atoms with Crippen molar-refractivity contribution in [2.75, 3.05) is 6.26 Å². The van der Waals surface area contributed by atoms with Crippen molar-refractivity contribution >= 4 is 11.8 Å². The van der Waals surface area contributed by atoms with Gasteiger partial charge in [0.25, 0.3) is 0 Å². The quantitative estimate of drug-likeness (QED) is 0.259. The predicted molar refractivity (Wildman–Crippen MR) is 40.0 cm³/mol. The molecule has 48 valence electrons. The molecule has 0 fully saturated rings. The molecule has 0 radical (unpaired) electrons. The van der Waals surface area contributed by atoms with E-state index in [4.69, 9.17) is 6.42 Å². The van der Waals surface area contributed by atoms with Crippen LogP contribution in [0.15, 0.2) is 17.4 Å². The van der Waals surface area contributed by atoms with E-state index < -0.39 is 0 Å². The van der Waals surface area contributed by atoms with E-state index in [1.807, 2.05) is 6.26 Å². The van der Waals surface area contributed by atoms with Crippen LogP contribution in [-0.2, 0) is 0 Å². The SMILES string of the molecule is [C+]#Cc1ccnc(SC)n1. The average molecular weight is 149 g/mol. The summed E-state index contributed by atoms with van der Waals surface area (Å²) in [5.74, 6) is 2.19. The van der Waals surface area contributed by atoms with E-state index in [1.54, 1.807) is 12.3 Å².